The number of rotatable bonds is 4. The van der Waals surface area contributed by atoms with Gasteiger partial charge in [-0.15, -0.1) is 0 Å². The van der Waals surface area contributed by atoms with Crippen LogP contribution in [0.5, 0.6) is 5.75 Å². The smallest absolute Gasteiger partial charge is 0.153 e. The number of aldehydes is 1. The van der Waals surface area contributed by atoms with Crippen LogP contribution in [0.2, 0.25) is 5.02 Å². The second-order valence-electron chi connectivity index (χ2n) is 3.80. The Hall–Kier alpha value is -0.840. The summed E-state index contributed by atoms with van der Waals surface area (Å²) in [5.74, 6) is 0.512. The molecule has 2 aromatic rings. The Kier molecular flexibility index (Phi) is 5.02. The first-order valence-electron chi connectivity index (χ1n) is 5.42. The maximum atomic E-state index is 11.1. The quantitative estimate of drug-likeness (QED) is 0.650. The summed E-state index contributed by atoms with van der Waals surface area (Å²) in [5.41, 5.74) is 1.35. The topological polar surface area (TPSA) is 26.3 Å². The van der Waals surface area contributed by atoms with Crippen LogP contribution < -0.4 is 4.74 Å². The summed E-state index contributed by atoms with van der Waals surface area (Å²) in [6, 6.07) is 11.0. The molecule has 2 aromatic carbocycles. The van der Waals surface area contributed by atoms with E-state index in [1.807, 2.05) is 24.3 Å². The van der Waals surface area contributed by atoms with Gasteiger partial charge in [0.15, 0.2) is 6.29 Å². The summed E-state index contributed by atoms with van der Waals surface area (Å²) in [4.78, 5) is 11.1. The fraction of sp³-hybridized carbons (Fsp3) is 0.0714. The number of hydrogen-bond donors (Lipinski definition) is 0. The molecular weight excluding hydrogens is 395 g/mol. The number of hydrogen-bond acceptors (Lipinski definition) is 2. The number of benzene rings is 2. The van der Waals surface area contributed by atoms with Gasteiger partial charge in [0.05, 0.1) is 10.0 Å². The number of carbonyl (C=O) groups excluding carboxylic acids is 1. The second kappa shape index (κ2) is 6.55. The van der Waals surface area contributed by atoms with Crippen molar-refractivity contribution in [2.24, 2.45) is 0 Å². The van der Waals surface area contributed by atoms with Crippen molar-refractivity contribution in [2.75, 3.05) is 0 Å². The molecule has 2 rings (SSSR count). The molecule has 0 amide bonds. The first kappa shape index (κ1) is 14.6. The van der Waals surface area contributed by atoms with E-state index < -0.39 is 0 Å². The van der Waals surface area contributed by atoms with Crippen LogP contribution in [0.1, 0.15) is 15.9 Å². The molecule has 0 spiro atoms. The van der Waals surface area contributed by atoms with Crippen LogP contribution in [0.4, 0.5) is 0 Å². The zero-order chi connectivity index (χ0) is 13.8. The van der Waals surface area contributed by atoms with Gasteiger partial charge in [0.25, 0.3) is 0 Å². The molecule has 0 radical (unpaired) electrons. The number of halogens is 3. The highest BCUT2D eigenvalue weighted by molar-refractivity contribution is 9.11. The van der Waals surface area contributed by atoms with Crippen LogP contribution >= 0.6 is 43.5 Å². The third kappa shape index (κ3) is 3.59. The van der Waals surface area contributed by atoms with E-state index in [-0.39, 0.29) is 0 Å². The molecule has 2 nitrogen and oxygen atoms in total. The lowest BCUT2D eigenvalue weighted by molar-refractivity contribution is 0.111. The van der Waals surface area contributed by atoms with Gasteiger partial charge < -0.3 is 4.74 Å². The van der Waals surface area contributed by atoms with Gasteiger partial charge in [-0.1, -0.05) is 45.7 Å². The van der Waals surface area contributed by atoms with Crippen LogP contribution in [0.15, 0.2) is 45.3 Å². The molecule has 5 heteroatoms. The van der Waals surface area contributed by atoms with Gasteiger partial charge >= 0.3 is 0 Å². The van der Waals surface area contributed by atoms with E-state index >= 15 is 0 Å². The molecule has 0 saturated heterocycles. The monoisotopic (exact) mass is 402 g/mol. The van der Waals surface area contributed by atoms with Crippen LogP contribution in [0.3, 0.4) is 0 Å². The van der Waals surface area contributed by atoms with Gasteiger partial charge in [0, 0.05) is 15.1 Å². The average Bonchev–Trinajstić information content (AvgIpc) is 2.38. The minimum absolute atomic E-state index is 0.306. The highest BCUT2D eigenvalue weighted by Gasteiger charge is 2.10. The molecule has 0 unspecified atom stereocenters. The van der Waals surface area contributed by atoms with Crippen molar-refractivity contribution in [3.05, 3.63) is 61.5 Å². The molecule has 0 aliphatic heterocycles. The third-order valence-electron chi connectivity index (χ3n) is 2.49. The molecule has 0 N–H and O–H groups in total. The van der Waals surface area contributed by atoms with Gasteiger partial charge in [-0.3, -0.25) is 4.79 Å². The fourth-order valence-corrected chi connectivity index (χ4v) is 3.15. The van der Waals surface area contributed by atoms with Crippen molar-refractivity contribution in [1.29, 1.82) is 0 Å². The standard InChI is InChI=1S/C14H9Br2ClO2/c15-11-5-10(7-18)14(12(16)6-11)19-8-9-3-1-2-4-13(9)17/h1-7H,8H2. The predicted molar refractivity (Wildman–Crippen MR) is 83.0 cm³/mol. The Balaban J connectivity index is 2.25. The lowest BCUT2D eigenvalue weighted by Gasteiger charge is -2.12. The summed E-state index contributed by atoms with van der Waals surface area (Å²) in [5, 5.41) is 0.642. The van der Waals surface area contributed by atoms with Crippen LogP contribution in [-0.2, 0) is 6.61 Å². The minimum atomic E-state index is 0.306. The Morgan fingerprint density at radius 1 is 1.21 bits per heavy atom. The lowest BCUT2D eigenvalue weighted by atomic mass is 10.2. The summed E-state index contributed by atoms with van der Waals surface area (Å²) in [7, 11) is 0. The molecule has 0 fully saturated rings. The van der Waals surface area contributed by atoms with Crippen LogP contribution in [-0.4, -0.2) is 6.29 Å². The molecule has 98 valence electrons. The van der Waals surface area contributed by atoms with E-state index in [0.29, 0.717) is 22.9 Å². The first-order valence-corrected chi connectivity index (χ1v) is 7.38. The van der Waals surface area contributed by atoms with E-state index in [2.05, 4.69) is 31.9 Å². The van der Waals surface area contributed by atoms with E-state index in [9.17, 15) is 4.79 Å². The largest absolute Gasteiger partial charge is 0.487 e. The Labute approximate surface area is 133 Å². The Morgan fingerprint density at radius 3 is 2.63 bits per heavy atom. The van der Waals surface area contributed by atoms with E-state index in [1.165, 1.54) is 0 Å². The summed E-state index contributed by atoms with van der Waals surface area (Å²) in [6.45, 7) is 0.306. The van der Waals surface area contributed by atoms with Crippen molar-refractivity contribution < 1.29 is 9.53 Å². The predicted octanol–water partition coefficient (Wildman–Crippen LogP) is 5.26. The lowest BCUT2D eigenvalue weighted by Crippen LogP contribution is -2.00. The molecule has 0 saturated carbocycles. The maximum Gasteiger partial charge on any atom is 0.153 e. The molecule has 0 aromatic heterocycles. The summed E-state index contributed by atoms with van der Waals surface area (Å²) < 4.78 is 7.23. The average molecular weight is 404 g/mol. The highest BCUT2D eigenvalue weighted by Crippen LogP contribution is 2.33. The van der Waals surface area contributed by atoms with Crippen molar-refractivity contribution in [1.82, 2.24) is 0 Å². The molecule has 0 aliphatic rings. The van der Waals surface area contributed by atoms with Crippen molar-refractivity contribution >= 4 is 49.7 Å². The van der Waals surface area contributed by atoms with E-state index in [0.717, 1.165) is 20.8 Å². The molecule has 0 aliphatic carbocycles. The van der Waals surface area contributed by atoms with Gasteiger partial charge in [-0.25, -0.2) is 0 Å². The zero-order valence-electron chi connectivity index (χ0n) is 9.70. The zero-order valence-corrected chi connectivity index (χ0v) is 13.6. The molecular formula is C14H9Br2ClO2. The Morgan fingerprint density at radius 2 is 1.95 bits per heavy atom. The normalized spacial score (nSPS) is 10.3. The second-order valence-corrected chi connectivity index (χ2v) is 5.98. The van der Waals surface area contributed by atoms with Crippen molar-refractivity contribution in [3.8, 4) is 5.75 Å². The van der Waals surface area contributed by atoms with Gasteiger partial charge in [-0.2, -0.15) is 0 Å². The van der Waals surface area contributed by atoms with Gasteiger partial charge in [-0.05, 0) is 34.1 Å². The molecule has 19 heavy (non-hydrogen) atoms. The first-order chi connectivity index (χ1) is 9.11. The highest BCUT2D eigenvalue weighted by atomic mass is 79.9. The van der Waals surface area contributed by atoms with Gasteiger partial charge in [0.1, 0.15) is 12.4 Å². The maximum absolute atomic E-state index is 11.1. The van der Waals surface area contributed by atoms with Crippen molar-refractivity contribution in [2.45, 2.75) is 6.61 Å². The van der Waals surface area contributed by atoms with Crippen LogP contribution in [0.25, 0.3) is 0 Å². The van der Waals surface area contributed by atoms with E-state index in [1.54, 1.807) is 12.1 Å². The SMILES string of the molecule is O=Cc1cc(Br)cc(Br)c1OCc1ccccc1Cl. The number of carbonyl (C=O) groups is 1. The Bertz CT molecular complexity index is 614. The molecule has 0 atom stereocenters. The number of ether oxygens (including phenoxy) is 1. The fourth-order valence-electron chi connectivity index (χ4n) is 1.59. The van der Waals surface area contributed by atoms with Crippen molar-refractivity contribution in [3.63, 3.8) is 0 Å². The third-order valence-corrected chi connectivity index (χ3v) is 3.91. The minimum Gasteiger partial charge on any atom is -0.487 e. The molecule has 0 heterocycles. The van der Waals surface area contributed by atoms with Crippen LogP contribution in [0, 0.1) is 0 Å². The van der Waals surface area contributed by atoms with Gasteiger partial charge in [0.2, 0.25) is 0 Å². The summed E-state index contributed by atoms with van der Waals surface area (Å²) >= 11 is 12.8. The summed E-state index contributed by atoms with van der Waals surface area (Å²) in [6.07, 6.45) is 0.761. The van der Waals surface area contributed by atoms with E-state index in [4.69, 9.17) is 16.3 Å². The molecule has 0 bridgehead atoms.